The lowest BCUT2D eigenvalue weighted by molar-refractivity contribution is -0.136. The molecule has 1 aliphatic heterocycles. The minimum absolute atomic E-state index is 0.113. The van der Waals surface area contributed by atoms with E-state index in [1.807, 2.05) is 0 Å². The van der Waals surface area contributed by atoms with Gasteiger partial charge in [0.05, 0.1) is 19.6 Å². The number of nitrogens with zero attached hydrogens (tertiary/aromatic N) is 1. The Kier molecular flexibility index (Phi) is 4.84. The van der Waals surface area contributed by atoms with Crippen molar-refractivity contribution in [2.24, 2.45) is 5.92 Å². The second-order valence-electron chi connectivity index (χ2n) is 3.44. The van der Waals surface area contributed by atoms with Crippen LogP contribution in [0, 0.1) is 12.5 Å². The first kappa shape index (κ1) is 13.7. The van der Waals surface area contributed by atoms with Gasteiger partial charge in [-0.25, -0.2) is 4.79 Å². The quantitative estimate of drug-likeness (QED) is 0.424. The van der Waals surface area contributed by atoms with Crippen molar-refractivity contribution in [3.8, 4) is 0 Å². The number of ether oxygens (including phenoxy) is 2. The predicted molar refractivity (Wildman–Crippen MR) is 64.6 cm³/mol. The Morgan fingerprint density at radius 2 is 1.83 bits per heavy atom. The SMILES string of the molecule is [CH+]=C(C(=O)OC)C1C=CN(/C=C/C(=O)OC)C=C1. The zero-order chi connectivity index (χ0) is 13.5. The lowest BCUT2D eigenvalue weighted by atomic mass is 9.99. The molecule has 18 heavy (non-hydrogen) atoms. The second kappa shape index (κ2) is 6.37. The van der Waals surface area contributed by atoms with Gasteiger partial charge in [0.25, 0.3) is 5.57 Å². The third kappa shape index (κ3) is 3.57. The molecule has 5 nitrogen and oxygen atoms in total. The normalized spacial score (nSPS) is 14.8. The lowest BCUT2D eigenvalue weighted by Crippen LogP contribution is -2.15. The average Bonchev–Trinajstić information content (AvgIpc) is 2.43. The third-order valence-corrected chi connectivity index (χ3v) is 2.30. The van der Waals surface area contributed by atoms with Crippen molar-refractivity contribution in [3.05, 3.63) is 49.0 Å². The molecule has 0 radical (unpaired) electrons. The van der Waals surface area contributed by atoms with Gasteiger partial charge < -0.3 is 14.4 Å². The van der Waals surface area contributed by atoms with Crippen LogP contribution in [-0.4, -0.2) is 31.1 Å². The number of hydrogen-bond acceptors (Lipinski definition) is 5. The maximum atomic E-state index is 11.2. The zero-order valence-corrected chi connectivity index (χ0v) is 10.2. The molecule has 0 N–H and O–H groups in total. The lowest BCUT2D eigenvalue weighted by Gasteiger charge is -2.15. The molecule has 0 aromatic carbocycles. The van der Waals surface area contributed by atoms with E-state index in [4.69, 9.17) is 6.58 Å². The van der Waals surface area contributed by atoms with E-state index in [-0.39, 0.29) is 11.5 Å². The third-order valence-electron chi connectivity index (χ3n) is 2.30. The van der Waals surface area contributed by atoms with E-state index in [9.17, 15) is 9.59 Å². The molecule has 94 valence electrons. The molecule has 0 spiro atoms. The van der Waals surface area contributed by atoms with Gasteiger partial charge >= 0.3 is 11.9 Å². The van der Waals surface area contributed by atoms with Crippen molar-refractivity contribution < 1.29 is 19.1 Å². The molecule has 0 bridgehead atoms. The molecule has 0 saturated heterocycles. The standard InChI is InChI=1S/C13H14NO4/c1-10(13(16)18-3)11-4-7-14(8-5-11)9-6-12(15)17-2/h1,4-9,11H,2-3H3/q+1/b9-6+. The summed E-state index contributed by atoms with van der Waals surface area (Å²) in [6, 6.07) is 0. The van der Waals surface area contributed by atoms with E-state index in [0.717, 1.165) is 0 Å². The Morgan fingerprint density at radius 1 is 1.22 bits per heavy atom. The highest BCUT2D eigenvalue weighted by atomic mass is 16.5. The van der Waals surface area contributed by atoms with Crippen molar-refractivity contribution in [2.45, 2.75) is 0 Å². The van der Waals surface area contributed by atoms with Gasteiger partial charge in [0.15, 0.2) is 0 Å². The first-order chi connectivity index (χ1) is 8.58. The van der Waals surface area contributed by atoms with Crippen molar-refractivity contribution in [2.75, 3.05) is 14.2 Å². The number of allylic oxidation sites excluding steroid dienone is 2. The monoisotopic (exact) mass is 248 g/mol. The topological polar surface area (TPSA) is 55.8 Å². The zero-order valence-electron chi connectivity index (χ0n) is 10.2. The first-order valence-electron chi connectivity index (χ1n) is 5.19. The first-order valence-corrected chi connectivity index (χ1v) is 5.19. The maximum absolute atomic E-state index is 11.2. The number of rotatable bonds is 4. The Hall–Kier alpha value is -2.39. The van der Waals surface area contributed by atoms with Crippen LogP contribution in [0.2, 0.25) is 0 Å². The average molecular weight is 248 g/mol. The van der Waals surface area contributed by atoms with Gasteiger partial charge in [-0.15, -0.1) is 4.79 Å². The van der Waals surface area contributed by atoms with E-state index < -0.39 is 11.9 Å². The molecule has 5 heteroatoms. The molecule has 0 aromatic rings. The van der Waals surface area contributed by atoms with Crippen LogP contribution >= 0.6 is 0 Å². The molecular weight excluding hydrogens is 234 g/mol. The highest BCUT2D eigenvalue weighted by Crippen LogP contribution is 2.18. The highest BCUT2D eigenvalue weighted by Gasteiger charge is 2.27. The van der Waals surface area contributed by atoms with Crippen LogP contribution < -0.4 is 0 Å². The number of methoxy groups -OCH3 is 2. The van der Waals surface area contributed by atoms with Gasteiger partial charge in [0.1, 0.15) is 7.11 Å². The summed E-state index contributed by atoms with van der Waals surface area (Å²) < 4.78 is 8.99. The van der Waals surface area contributed by atoms with Crippen molar-refractivity contribution in [1.82, 2.24) is 4.90 Å². The summed E-state index contributed by atoms with van der Waals surface area (Å²) in [5.41, 5.74) is 0.113. The molecule has 1 aliphatic rings. The molecule has 1 rings (SSSR count). The summed E-state index contributed by atoms with van der Waals surface area (Å²) in [6.45, 7) is 5.62. The van der Waals surface area contributed by atoms with E-state index in [2.05, 4.69) is 9.47 Å². The molecule has 1 heterocycles. The van der Waals surface area contributed by atoms with Crippen LogP contribution in [0.15, 0.2) is 42.4 Å². The van der Waals surface area contributed by atoms with E-state index >= 15 is 0 Å². The van der Waals surface area contributed by atoms with Crippen LogP contribution in [0.25, 0.3) is 0 Å². The predicted octanol–water partition coefficient (Wildman–Crippen LogP) is 1.16. The van der Waals surface area contributed by atoms with Gasteiger partial charge in [-0.1, -0.05) is 12.2 Å². The van der Waals surface area contributed by atoms with Crippen molar-refractivity contribution in [3.63, 3.8) is 0 Å². The molecule has 0 unspecified atom stereocenters. The minimum atomic E-state index is -0.548. The van der Waals surface area contributed by atoms with Crippen molar-refractivity contribution in [1.29, 1.82) is 0 Å². The smallest absolute Gasteiger partial charge is 0.466 e. The minimum Gasteiger partial charge on any atom is -0.466 e. The fourth-order valence-electron chi connectivity index (χ4n) is 1.27. The van der Waals surface area contributed by atoms with E-state index in [1.165, 1.54) is 26.5 Å². The summed E-state index contributed by atoms with van der Waals surface area (Å²) in [5, 5.41) is 0. The molecule has 0 fully saturated rings. The van der Waals surface area contributed by atoms with Gasteiger partial charge in [-0.05, 0) is 0 Å². The fraction of sp³-hybridized carbons (Fsp3) is 0.231. The van der Waals surface area contributed by atoms with Crippen molar-refractivity contribution >= 4 is 11.9 Å². The molecule has 0 aromatic heterocycles. The van der Waals surface area contributed by atoms with Gasteiger partial charge in [0, 0.05) is 24.7 Å². The van der Waals surface area contributed by atoms with E-state index in [0.29, 0.717) is 0 Å². The largest absolute Gasteiger partial charge is 0.488 e. The van der Waals surface area contributed by atoms with Gasteiger partial charge in [-0.2, -0.15) is 0 Å². The number of esters is 2. The van der Waals surface area contributed by atoms with Gasteiger partial charge in [-0.3, -0.25) is 0 Å². The maximum Gasteiger partial charge on any atom is 0.488 e. The number of carbonyl (C=O) groups excluding carboxylic acids is 2. The Labute approximate surface area is 106 Å². The molecular formula is C13H14NO4+. The second-order valence-corrected chi connectivity index (χ2v) is 3.44. The van der Waals surface area contributed by atoms with Crippen LogP contribution in [0.1, 0.15) is 0 Å². The van der Waals surface area contributed by atoms with Gasteiger partial charge in [0.2, 0.25) is 0 Å². The Bertz CT molecular complexity index is 420. The Balaban J connectivity index is 2.59. The summed E-state index contributed by atoms with van der Waals surface area (Å²) in [5.74, 6) is -1.30. The molecule has 0 aliphatic carbocycles. The van der Waals surface area contributed by atoms with E-state index in [1.54, 1.807) is 29.5 Å². The van der Waals surface area contributed by atoms with Crippen LogP contribution in [0.3, 0.4) is 0 Å². The van der Waals surface area contributed by atoms with Crippen LogP contribution in [-0.2, 0) is 19.1 Å². The summed E-state index contributed by atoms with van der Waals surface area (Å²) in [7, 11) is 2.58. The molecule has 0 amide bonds. The summed E-state index contributed by atoms with van der Waals surface area (Å²) in [6.07, 6.45) is 9.60. The molecule has 0 saturated carbocycles. The number of hydrogen-bond donors (Lipinski definition) is 0. The molecule has 0 atom stereocenters. The summed E-state index contributed by atoms with van der Waals surface area (Å²) >= 11 is 0. The number of carbonyl (C=O) groups is 2. The van der Waals surface area contributed by atoms with Crippen LogP contribution in [0.5, 0.6) is 0 Å². The Morgan fingerprint density at radius 3 is 2.33 bits per heavy atom. The fourth-order valence-corrected chi connectivity index (χ4v) is 1.27. The highest BCUT2D eigenvalue weighted by molar-refractivity contribution is 5.88. The summed E-state index contributed by atoms with van der Waals surface area (Å²) in [4.78, 5) is 23.7. The van der Waals surface area contributed by atoms with Crippen LogP contribution in [0.4, 0.5) is 0 Å².